The monoisotopic (exact) mass is 262 g/mol. The van der Waals surface area contributed by atoms with E-state index in [-0.39, 0.29) is 17.9 Å². The van der Waals surface area contributed by atoms with Gasteiger partial charge in [-0.25, -0.2) is 9.97 Å². The van der Waals surface area contributed by atoms with Crippen LogP contribution in [0, 0.1) is 19.8 Å². The van der Waals surface area contributed by atoms with E-state index in [1.165, 1.54) is 0 Å². The van der Waals surface area contributed by atoms with E-state index >= 15 is 0 Å². The molecule has 2 atom stereocenters. The highest BCUT2D eigenvalue weighted by Crippen LogP contribution is 2.25. The zero-order valence-corrected chi connectivity index (χ0v) is 11.6. The number of aromatic nitrogens is 2. The van der Waals surface area contributed by atoms with Crippen molar-refractivity contribution in [3.05, 3.63) is 17.5 Å². The fourth-order valence-corrected chi connectivity index (χ4v) is 2.78. The molecule has 2 rings (SSSR count). The smallest absolute Gasteiger partial charge is 0.223 e. The molecule has 19 heavy (non-hydrogen) atoms. The van der Waals surface area contributed by atoms with Gasteiger partial charge in [0.25, 0.3) is 0 Å². The fourth-order valence-electron chi connectivity index (χ4n) is 2.78. The van der Waals surface area contributed by atoms with Crippen molar-refractivity contribution in [2.75, 3.05) is 5.32 Å². The van der Waals surface area contributed by atoms with Crippen molar-refractivity contribution >= 4 is 11.9 Å². The second-order valence-electron chi connectivity index (χ2n) is 5.37. The normalized spacial score (nSPS) is 23.7. The van der Waals surface area contributed by atoms with Gasteiger partial charge in [0.1, 0.15) is 0 Å². The zero-order chi connectivity index (χ0) is 13.8. The number of nitrogens with zero attached hydrogens (tertiary/aromatic N) is 2. The summed E-state index contributed by atoms with van der Waals surface area (Å²) in [6.07, 6.45) is 5.16. The van der Waals surface area contributed by atoms with E-state index in [0.29, 0.717) is 5.95 Å². The average molecular weight is 262 g/mol. The number of carbonyl (C=O) groups excluding carboxylic acids is 1. The van der Waals surface area contributed by atoms with Crippen LogP contribution < -0.4 is 11.1 Å². The molecule has 1 amide bonds. The quantitative estimate of drug-likeness (QED) is 0.816. The Labute approximate surface area is 114 Å². The van der Waals surface area contributed by atoms with Crippen molar-refractivity contribution < 1.29 is 4.79 Å². The third-order valence-corrected chi connectivity index (χ3v) is 3.68. The van der Waals surface area contributed by atoms with E-state index in [9.17, 15) is 4.79 Å². The van der Waals surface area contributed by atoms with E-state index in [2.05, 4.69) is 15.3 Å². The lowest BCUT2D eigenvalue weighted by atomic mass is 9.94. The van der Waals surface area contributed by atoms with Gasteiger partial charge in [-0.1, -0.05) is 19.3 Å². The van der Waals surface area contributed by atoms with E-state index in [0.717, 1.165) is 43.5 Å². The van der Waals surface area contributed by atoms with Gasteiger partial charge in [-0.2, -0.15) is 0 Å². The van der Waals surface area contributed by atoms with Crippen LogP contribution in [0.4, 0.5) is 5.95 Å². The van der Waals surface area contributed by atoms with Crippen LogP contribution in [0.2, 0.25) is 0 Å². The summed E-state index contributed by atoms with van der Waals surface area (Å²) in [4.78, 5) is 20.3. The minimum Gasteiger partial charge on any atom is -0.369 e. The molecule has 1 aliphatic rings. The van der Waals surface area contributed by atoms with Gasteiger partial charge in [-0.3, -0.25) is 4.79 Å². The third-order valence-electron chi connectivity index (χ3n) is 3.68. The molecule has 1 heterocycles. The Balaban J connectivity index is 2.15. The summed E-state index contributed by atoms with van der Waals surface area (Å²) < 4.78 is 0. The van der Waals surface area contributed by atoms with Crippen LogP contribution in [0.15, 0.2) is 6.07 Å². The molecule has 104 valence electrons. The summed E-state index contributed by atoms with van der Waals surface area (Å²) in [6.45, 7) is 3.89. The topological polar surface area (TPSA) is 80.9 Å². The lowest BCUT2D eigenvalue weighted by Crippen LogP contribution is -2.38. The maximum absolute atomic E-state index is 11.6. The largest absolute Gasteiger partial charge is 0.369 e. The predicted octanol–water partition coefficient (Wildman–Crippen LogP) is 1.94. The number of primary amides is 1. The van der Waals surface area contributed by atoms with Gasteiger partial charge in [0.15, 0.2) is 0 Å². The number of anilines is 1. The lowest BCUT2D eigenvalue weighted by molar-refractivity contribution is -0.122. The molecular weight excluding hydrogens is 240 g/mol. The van der Waals surface area contributed by atoms with Crippen molar-refractivity contribution in [1.82, 2.24) is 9.97 Å². The standard InChI is InChI=1S/C14H22N4O/c1-9-8-10(2)17-14(16-9)18-12-7-5-3-4-6-11(12)13(15)19/h8,11-12H,3-7H2,1-2H3,(H2,15,19)(H,16,17,18)/t11-,12+/m1/s1. The van der Waals surface area contributed by atoms with E-state index in [4.69, 9.17) is 5.73 Å². The van der Waals surface area contributed by atoms with Crippen LogP contribution in [0.25, 0.3) is 0 Å². The Kier molecular flexibility index (Phi) is 4.35. The zero-order valence-electron chi connectivity index (χ0n) is 11.6. The maximum atomic E-state index is 11.6. The third kappa shape index (κ3) is 3.66. The molecule has 0 spiro atoms. The Morgan fingerprint density at radius 1 is 1.21 bits per heavy atom. The summed E-state index contributed by atoms with van der Waals surface area (Å²) >= 11 is 0. The van der Waals surface area contributed by atoms with Gasteiger partial charge >= 0.3 is 0 Å². The van der Waals surface area contributed by atoms with Crippen molar-refractivity contribution in [3.63, 3.8) is 0 Å². The van der Waals surface area contributed by atoms with E-state index in [1.54, 1.807) is 0 Å². The second kappa shape index (κ2) is 5.99. The molecule has 0 aliphatic heterocycles. The first-order valence-electron chi connectivity index (χ1n) is 6.94. The van der Waals surface area contributed by atoms with Crippen LogP contribution in [0.5, 0.6) is 0 Å². The van der Waals surface area contributed by atoms with Gasteiger partial charge in [0, 0.05) is 17.4 Å². The molecule has 1 aromatic heterocycles. The molecule has 1 saturated carbocycles. The van der Waals surface area contributed by atoms with Gasteiger partial charge in [-0.15, -0.1) is 0 Å². The highest BCUT2D eigenvalue weighted by molar-refractivity contribution is 5.77. The summed E-state index contributed by atoms with van der Waals surface area (Å²) in [5.74, 6) is 0.270. The van der Waals surface area contributed by atoms with Crippen molar-refractivity contribution in [3.8, 4) is 0 Å². The molecule has 1 aromatic rings. The first-order valence-corrected chi connectivity index (χ1v) is 6.94. The van der Waals surface area contributed by atoms with Gasteiger partial charge in [0.05, 0.1) is 5.92 Å². The Hall–Kier alpha value is -1.65. The summed E-state index contributed by atoms with van der Waals surface area (Å²) in [7, 11) is 0. The van der Waals surface area contributed by atoms with E-state index < -0.39 is 0 Å². The number of aryl methyl sites for hydroxylation is 2. The van der Waals surface area contributed by atoms with Crippen LogP contribution in [-0.2, 0) is 4.79 Å². The van der Waals surface area contributed by atoms with Gasteiger partial charge < -0.3 is 11.1 Å². The molecule has 0 aromatic carbocycles. The first kappa shape index (κ1) is 13.8. The summed E-state index contributed by atoms with van der Waals surface area (Å²) in [5.41, 5.74) is 7.38. The van der Waals surface area contributed by atoms with Gasteiger partial charge in [-0.05, 0) is 32.8 Å². The van der Waals surface area contributed by atoms with Crippen LogP contribution in [0.3, 0.4) is 0 Å². The lowest BCUT2D eigenvalue weighted by Gasteiger charge is -2.23. The molecule has 0 bridgehead atoms. The molecule has 5 heteroatoms. The molecule has 5 nitrogen and oxygen atoms in total. The van der Waals surface area contributed by atoms with Crippen molar-refractivity contribution in [1.29, 1.82) is 0 Å². The molecule has 1 fully saturated rings. The number of hydrogen-bond donors (Lipinski definition) is 2. The highest BCUT2D eigenvalue weighted by Gasteiger charge is 2.28. The van der Waals surface area contributed by atoms with Crippen molar-refractivity contribution in [2.45, 2.75) is 52.0 Å². The first-order chi connectivity index (χ1) is 9.06. The van der Waals surface area contributed by atoms with Crippen molar-refractivity contribution in [2.24, 2.45) is 11.7 Å². The molecule has 0 saturated heterocycles. The number of amides is 1. The summed E-state index contributed by atoms with van der Waals surface area (Å²) in [5, 5.41) is 3.31. The van der Waals surface area contributed by atoms with Crippen LogP contribution in [-0.4, -0.2) is 21.9 Å². The number of nitrogens with one attached hydrogen (secondary N) is 1. The Morgan fingerprint density at radius 3 is 2.47 bits per heavy atom. The predicted molar refractivity (Wildman–Crippen MR) is 74.7 cm³/mol. The second-order valence-corrected chi connectivity index (χ2v) is 5.37. The number of nitrogens with two attached hydrogens (primary N) is 1. The minimum absolute atomic E-state index is 0.0567. The Bertz CT molecular complexity index is 441. The molecule has 0 unspecified atom stereocenters. The number of rotatable bonds is 3. The van der Waals surface area contributed by atoms with Crippen LogP contribution >= 0.6 is 0 Å². The minimum atomic E-state index is -0.219. The summed E-state index contributed by atoms with van der Waals surface area (Å²) in [6, 6.07) is 1.99. The Morgan fingerprint density at radius 2 is 1.84 bits per heavy atom. The molecule has 3 N–H and O–H groups in total. The fraction of sp³-hybridized carbons (Fsp3) is 0.643. The van der Waals surface area contributed by atoms with Gasteiger partial charge in [0.2, 0.25) is 11.9 Å². The maximum Gasteiger partial charge on any atom is 0.223 e. The van der Waals surface area contributed by atoms with Crippen LogP contribution in [0.1, 0.15) is 43.5 Å². The average Bonchev–Trinajstić information content (AvgIpc) is 2.53. The highest BCUT2D eigenvalue weighted by atomic mass is 16.1. The number of carbonyl (C=O) groups is 1. The molecule has 1 aliphatic carbocycles. The molecular formula is C14H22N4O. The molecule has 0 radical (unpaired) electrons. The number of hydrogen-bond acceptors (Lipinski definition) is 4. The van der Waals surface area contributed by atoms with E-state index in [1.807, 2.05) is 19.9 Å². The SMILES string of the molecule is Cc1cc(C)nc(N[C@H]2CCCCC[C@H]2C(N)=O)n1.